The van der Waals surface area contributed by atoms with Gasteiger partial charge in [-0.1, -0.05) is 70.8 Å². The van der Waals surface area contributed by atoms with Crippen molar-refractivity contribution in [3.63, 3.8) is 0 Å². The summed E-state index contributed by atoms with van der Waals surface area (Å²) in [5.74, 6) is -0.948. The molecule has 0 spiro atoms. The molecule has 0 radical (unpaired) electrons. The average molecular weight is 363 g/mol. The molecule has 1 unspecified atom stereocenters. The van der Waals surface area contributed by atoms with Crippen LogP contribution in [0.25, 0.3) is 0 Å². The molecule has 0 amide bonds. The number of hydrogen-bond acceptors (Lipinski definition) is 3. The molecule has 0 rings (SSSR count). The Balaban J connectivity index is 3.85. The molecule has 6 heteroatoms. The van der Waals surface area contributed by atoms with Gasteiger partial charge < -0.3 is 5.11 Å². The van der Waals surface area contributed by atoms with Gasteiger partial charge in [0, 0.05) is 6.08 Å². The second-order valence-electron chi connectivity index (χ2n) is 6.43. The molecule has 0 aliphatic rings. The van der Waals surface area contributed by atoms with Crippen LogP contribution in [-0.4, -0.2) is 29.3 Å². The Bertz CT molecular complexity index is 442. The topological polar surface area (TPSA) is 91.7 Å². The number of rotatable bonds is 16. The Morgan fingerprint density at radius 3 is 1.92 bits per heavy atom. The van der Waals surface area contributed by atoms with Crippen LogP contribution >= 0.6 is 0 Å². The maximum atomic E-state index is 11.5. The van der Waals surface area contributed by atoms with Crippen molar-refractivity contribution < 1.29 is 22.9 Å². The van der Waals surface area contributed by atoms with E-state index in [1.807, 2.05) is 0 Å². The SMILES string of the molecule is CCCCCCCCCC(CCCCC/C=C/C(=O)O)S(=O)(=O)O. The third-order valence-electron chi connectivity index (χ3n) is 4.21. The maximum absolute atomic E-state index is 11.5. The van der Waals surface area contributed by atoms with Crippen molar-refractivity contribution in [1.82, 2.24) is 0 Å². The van der Waals surface area contributed by atoms with Gasteiger partial charge in [0.25, 0.3) is 10.1 Å². The molecule has 24 heavy (non-hydrogen) atoms. The lowest BCUT2D eigenvalue weighted by molar-refractivity contribution is -0.131. The molecule has 0 saturated carbocycles. The highest BCUT2D eigenvalue weighted by molar-refractivity contribution is 7.86. The van der Waals surface area contributed by atoms with Crippen LogP contribution in [0.2, 0.25) is 0 Å². The standard InChI is InChI=1S/C18H34O5S/c1-2-3-4-5-6-8-11-14-17(24(21,22)23)15-12-9-7-10-13-16-18(19)20/h13,16-17H,2-12,14-15H2,1H3,(H,19,20)(H,21,22,23)/b16-13+. The average Bonchev–Trinajstić information content (AvgIpc) is 2.49. The van der Waals surface area contributed by atoms with E-state index in [9.17, 15) is 17.8 Å². The Kier molecular flexibility index (Phi) is 13.9. The molecule has 0 fully saturated rings. The molecule has 142 valence electrons. The van der Waals surface area contributed by atoms with E-state index in [1.165, 1.54) is 25.7 Å². The lowest BCUT2D eigenvalue weighted by atomic mass is 10.0. The van der Waals surface area contributed by atoms with Crippen molar-refractivity contribution in [1.29, 1.82) is 0 Å². The molecule has 5 nitrogen and oxygen atoms in total. The van der Waals surface area contributed by atoms with E-state index in [0.29, 0.717) is 19.3 Å². The Morgan fingerprint density at radius 1 is 0.917 bits per heavy atom. The molecule has 1 atom stereocenters. The molecule has 0 aromatic rings. The van der Waals surface area contributed by atoms with Crippen LogP contribution in [0.5, 0.6) is 0 Å². The van der Waals surface area contributed by atoms with Crippen LogP contribution in [0, 0.1) is 0 Å². The van der Waals surface area contributed by atoms with Crippen molar-refractivity contribution in [3.05, 3.63) is 12.2 Å². The molecular formula is C18H34O5S. The molecule has 2 N–H and O–H groups in total. The van der Waals surface area contributed by atoms with E-state index in [-0.39, 0.29) is 0 Å². The van der Waals surface area contributed by atoms with E-state index in [2.05, 4.69) is 6.92 Å². The highest BCUT2D eigenvalue weighted by Crippen LogP contribution is 2.19. The van der Waals surface area contributed by atoms with Gasteiger partial charge in [-0.05, 0) is 25.7 Å². The van der Waals surface area contributed by atoms with Crippen molar-refractivity contribution in [2.45, 2.75) is 95.6 Å². The molecule has 0 heterocycles. The molecular weight excluding hydrogens is 328 g/mol. The minimum atomic E-state index is -3.97. The summed E-state index contributed by atoms with van der Waals surface area (Å²) in [5.41, 5.74) is 0. The smallest absolute Gasteiger partial charge is 0.327 e. The number of hydrogen-bond donors (Lipinski definition) is 2. The van der Waals surface area contributed by atoms with Gasteiger partial charge in [-0.3, -0.25) is 4.55 Å². The number of allylic oxidation sites excluding steroid dienone is 1. The van der Waals surface area contributed by atoms with Gasteiger partial charge in [-0.2, -0.15) is 8.42 Å². The molecule has 0 aliphatic heterocycles. The molecule has 0 bridgehead atoms. The fourth-order valence-corrected chi connectivity index (χ4v) is 3.70. The summed E-state index contributed by atoms with van der Waals surface area (Å²) >= 11 is 0. The van der Waals surface area contributed by atoms with Gasteiger partial charge in [0.2, 0.25) is 0 Å². The van der Waals surface area contributed by atoms with Gasteiger partial charge in [-0.15, -0.1) is 0 Å². The van der Waals surface area contributed by atoms with Crippen LogP contribution < -0.4 is 0 Å². The highest BCUT2D eigenvalue weighted by atomic mass is 32.2. The first-order valence-corrected chi connectivity index (χ1v) is 10.7. The summed E-state index contributed by atoms with van der Waals surface area (Å²) in [7, 11) is -3.97. The third kappa shape index (κ3) is 14.7. The van der Waals surface area contributed by atoms with Gasteiger partial charge in [0.1, 0.15) is 0 Å². The fraction of sp³-hybridized carbons (Fsp3) is 0.833. The van der Waals surface area contributed by atoms with Crippen molar-refractivity contribution in [3.8, 4) is 0 Å². The monoisotopic (exact) mass is 362 g/mol. The highest BCUT2D eigenvalue weighted by Gasteiger charge is 2.21. The zero-order valence-electron chi connectivity index (χ0n) is 15.0. The van der Waals surface area contributed by atoms with Gasteiger partial charge in [0.05, 0.1) is 5.25 Å². The number of carboxylic acid groups (broad SMARTS) is 1. The zero-order valence-corrected chi connectivity index (χ0v) is 15.8. The summed E-state index contributed by atoms with van der Waals surface area (Å²) < 4.78 is 32.3. The predicted octanol–water partition coefficient (Wildman–Crippen LogP) is 4.97. The minimum Gasteiger partial charge on any atom is -0.478 e. The van der Waals surface area contributed by atoms with Crippen LogP contribution in [0.3, 0.4) is 0 Å². The number of carboxylic acids is 1. The van der Waals surface area contributed by atoms with E-state index < -0.39 is 21.3 Å². The van der Waals surface area contributed by atoms with Crippen molar-refractivity contribution in [2.24, 2.45) is 0 Å². The normalized spacial score (nSPS) is 13.4. The van der Waals surface area contributed by atoms with E-state index in [0.717, 1.165) is 44.6 Å². The first-order valence-electron chi connectivity index (χ1n) is 9.23. The second-order valence-corrected chi connectivity index (χ2v) is 8.12. The number of unbranched alkanes of at least 4 members (excludes halogenated alkanes) is 9. The van der Waals surface area contributed by atoms with Gasteiger partial charge in [0.15, 0.2) is 0 Å². The maximum Gasteiger partial charge on any atom is 0.327 e. The van der Waals surface area contributed by atoms with E-state index in [4.69, 9.17) is 5.11 Å². The number of aliphatic carboxylic acids is 1. The molecule has 0 aliphatic carbocycles. The first kappa shape index (κ1) is 23.1. The second kappa shape index (κ2) is 14.5. The van der Waals surface area contributed by atoms with Gasteiger partial charge in [-0.25, -0.2) is 4.79 Å². The summed E-state index contributed by atoms with van der Waals surface area (Å²) in [6, 6.07) is 0. The summed E-state index contributed by atoms with van der Waals surface area (Å²) in [6.45, 7) is 2.18. The summed E-state index contributed by atoms with van der Waals surface area (Å²) in [6.07, 6.45) is 14.8. The molecule has 0 aromatic carbocycles. The van der Waals surface area contributed by atoms with Crippen LogP contribution in [0.15, 0.2) is 12.2 Å². The lowest BCUT2D eigenvalue weighted by Gasteiger charge is -2.13. The van der Waals surface area contributed by atoms with Crippen molar-refractivity contribution >= 4 is 16.1 Å². The van der Waals surface area contributed by atoms with E-state index in [1.54, 1.807) is 6.08 Å². The predicted molar refractivity (Wildman–Crippen MR) is 97.8 cm³/mol. The summed E-state index contributed by atoms with van der Waals surface area (Å²) in [4.78, 5) is 10.3. The lowest BCUT2D eigenvalue weighted by Crippen LogP contribution is -2.20. The first-order chi connectivity index (χ1) is 11.4. The summed E-state index contributed by atoms with van der Waals surface area (Å²) in [5, 5.41) is 7.81. The van der Waals surface area contributed by atoms with Crippen molar-refractivity contribution in [2.75, 3.05) is 0 Å². The minimum absolute atomic E-state index is 0.483. The molecule has 0 aromatic heterocycles. The third-order valence-corrected chi connectivity index (χ3v) is 5.52. The van der Waals surface area contributed by atoms with E-state index >= 15 is 0 Å². The quantitative estimate of drug-likeness (QED) is 0.230. The molecule has 0 saturated heterocycles. The Morgan fingerprint density at radius 2 is 1.42 bits per heavy atom. The fourth-order valence-electron chi connectivity index (χ4n) is 2.77. The van der Waals surface area contributed by atoms with Gasteiger partial charge >= 0.3 is 5.97 Å². The largest absolute Gasteiger partial charge is 0.478 e. The zero-order chi connectivity index (χ0) is 18.3. The van der Waals surface area contributed by atoms with Crippen LogP contribution in [0.4, 0.5) is 0 Å². The number of carbonyl (C=O) groups is 1. The van der Waals surface area contributed by atoms with Crippen LogP contribution in [-0.2, 0) is 14.9 Å². The Hall–Kier alpha value is -0.880. The Labute approximate surface area is 147 Å². The van der Waals surface area contributed by atoms with Crippen LogP contribution in [0.1, 0.15) is 90.4 Å².